The molecular weight excluding hydrogens is 491 g/mol. The maximum atomic E-state index is 13.0. The molecule has 36 heavy (non-hydrogen) atoms. The Kier molecular flexibility index (Phi) is 6.51. The average Bonchev–Trinajstić information content (AvgIpc) is 3.56. The summed E-state index contributed by atoms with van der Waals surface area (Å²) in [6.45, 7) is 5.30. The Hall–Kier alpha value is -3.32. The molecule has 0 radical (unpaired) electrons. The van der Waals surface area contributed by atoms with Gasteiger partial charge in [0.1, 0.15) is 11.7 Å². The van der Waals surface area contributed by atoms with Crippen molar-refractivity contribution < 1.29 is 17.5 Å². The van der Waals surface area contributed by atoms with Gasteiger partial charge in [0.15, 0.2) is 11.0 Å². The number of anilines is 1. The second kappa shape index (κ2) is 9.62. The molecule has 1 saturated heterocycles. The van der Waals surface area contributed by atoms with Crippen LogP contribution in [0, 0.1) is 0 Å². The van der Waals surface area contributed by atoms with E-state index in [1.807, 2.05) is 0 Å². The summed E-state index contributed by atoms with van der Waals surface area (Å²) in [6, 6.07) is 7.33. The number of benzene rings is 1. The monoisotopic (exact) mass is 523 g/mol. The van der Waals surface area contributed by atoms with Gasteiger partial charge in [0.2, 0.25) is 5.82 Å². The third kappa shape index (κ3) is 5.73. The minimum Gasteiger partial charge on any atom is -0.402 e. The summed E-state index contributed by atoms with van der Waals surface area (Å²) >= 11 is 1.23. The molecule has 0 bridgehead atoms. The first-order chi connectivity index (χ1) is 17.1. The number of nitrogens with zero attached hydrogens (tertiary/aromatic N) is 6. The van der Waals surface area contributed by atoms with E-state index in [4.69, 9.17) is 16.5 Å². The molecule has 1 aliphatic carbocycles. The minimum atomic E-state index is -4.55. The number of halogens is 3. The summed E-state index contributed by atoms with van der Waals surface area (Å²) in [5.74, 6) is 0.292. The van der Waals surface area contributed by atoms with Crippen LogP contribution in [0.15, 0.2) is 51.1 Å². The largest absolute Gasteiger partial charge is 0.449 e. The van der Waals surface area contributed by atoms with Crippen LogP contribution in [0.5, 0.6) is 0 Å². The van der Waals surface area contributed by atoms with Gasteiger partial charge in [-0.05, 0) is 55.8 Å². The number of rotatable bonds is 6. The molecule has 1 saturated carbocycles. The number of nitrogens with one attached hydrogen (secondary N) is 1. The van der Waals surface area contributed by atoms with E-state index < -0.39 is 12.0 Å². The number of aliphatic imine (C=N–C) groups is 1. The number of fused-ring (bicyclic) bond motifs is 1. The molecule has 196 valence electrons. The van der Waals surface area contributed by atoms with Gasteiger partial charge in [-0.3, -0.25) is 4.90 Å². The summed E-state index contributed by atoms with van der Waals surface area (Å²) in [5.41, 5.74) is 12.7. The zero-order valence-electron chi connectivity index (χ0n) is 19.6. The molecule has 13 heteroatoms. The number of aromatic amines is 1. The minimum absolute atomic E-state index is 0. The molecule has 0 atom stereocenters. The van der Waals surface area contributed by atoms with Crippen molar-refractivity contribution in [3.63, 3.8) is 0 Å². The lowest BCUT2D eigenvalue weighted by Gasteiger charge is -2.35. The molecule has 2 aromatic heterocycles. The second-order valence-electron chi connectivity index (χ2n) is 8.91. The highest BCUT2D eigenvalue weighted by atomic mass is 32.2. The van der Waals surface area contributed by atoms with E-state index in [0.29, 0.717) is 27.6 Å². The number of aromatic nitrogens is 4. The Labute approximate surface area is 214 Å². The van der Waals surface area contributed by atoms with Gasteiger partial charge in [-0.25, -0.2) is 19.9 Å². The van der Waals surface area contributed by atoms with Crippen LogP contribution >= 0.6 is 11.8 Å². The highest BCUT2D eigenvalue weighted by Gasteiger charge is 2.35. The Bertz CT molecular complexity index is 1330. The molecule has 0 amide bonds. The molecule has 5 N–H and O–H groups in total. The lowest BCUT2D eigenvalue weighted by Crippen LogP contribution is -2.47. The fraction of sp³-hybridized carbons (Fsp3) is 0.391. The van der Waals surface area contributed by atoms with Gasteiger partial charge in [-0.15, -0.1) is 0 Å². The van der Waals surface area contributed by atoms with E-state index in [0.717, 1.165) is 32.0 Å². The fourth-order valence-corrected chi connectivity index (χ4v) is 4.91. The summed E-state index contributed by atoms with van der Waals surface area (Å²) in [5, 5.41) is 0.409. The van der Waals surface area contributed by atoms with Crippen molar-refractivity contribution in [3.05, 3.63) is 41.9 Å². The van der Waals surface area contributed by atoms with Gasteiger partial charge in [0.25, 0.3) is 0 Å². The Morgan fingerprint density at radius 2 is 1.89 bits per heavy atom. The van der Waals surface area contributed by atoms with Gasteiger partial charge in [-0.1, -0.05) is 0 Å². The lowest BCUT2D eigenvalue weighted by molar-refractivity contribution is -0.144. The molecule has 9 nitrogen and oxygen atoms in total. The van der Waals surface area contributed by atoms with Gasteiger partial charge in [0, 0.05) is 53.2 Å². The van der Waals surface area contributed by atoms with Gasteiger partial charge >= 0.3 is 6.18 Å². The van der Waals surface area contributed by atoms with Crippen molar-refractivity contribution in [2.45, 2.75) is 42.0 Å². The van der Waals surface area contributed by atoms with Crippen LogP contribution in [-0.4, -0.2) is 62.9 Å². The second-order valence-corrected chi connectivity index (χ2v) is 9.95. The molecule has 2 aliphatic rings. The first-order valence-electron chi connectivity index (χ1n) is 11.5. The number of nitrogens with two attached hydrogens (primary N) is 2. The van der Waals surface area contributed by atoms with Crippen molar-refractivity contribution in [2.75, 3.05) is 31.1 Å². The van der Waals surface area contributed by atoms with Crippen molar-refractivity contribution in [3.8, 4) is 0 Å². The molecule has 1 aromatic carbocycles. The third-order valence-electron chi connectivity index (χ3n) is 5.93. The van der Waals surface area contributed by atoms with E-state index >= 15 is 0 Å². The van der Waals surface area contributed by atoms with E-state index in [9.17, 15) is 13.2 Å². The van der Waals surface area contributed by atoms with Gasteiger partial charge in [-0.2, -0.15) is 13.2 Å². The molecule has 0 unspecified atom stereocenters. The topological polar surface area (TPSA) is 125 Å². The first kappa shape index (κ1) is 24.4. The Morgan fingerprint density at radius 3 is 2.56 bits per heavy atom. The normalized spacial score (nSPS) is 18.3. The molecule has 0 spiro atoms. The maximum absolute atomic E-state index is 13.0. The molecule has 1 aliphatic heterocycles. The van der Waals surface area contributed by atoms with Crippen LogP contribution in [-0.2, 0) is 6.18 Å². The van der Waals surface area contributed by atoms with Crippen molar-refractivity contribution in [1.82, 2.24) is 24.8 Å². The summed E-state index contributed by atoms with van der Waals surface area (Å²) in [7, 11) is 0. The van der Waals surface area contributed by atoms with E-state index in [-0.39, 0.29) is 21.1 Å². The van der Waals surface area contributed by atoms with Crippen molar-refractivity contribution in [2.24, 2.45) is 16.5 Å². The quantitative estimate of drug-likeness (QED) is 0.247. The Balaban J connectivity index is 0.00000178. The summed E-state index contributed by atoms with van der Waals surface area (Å²) in [6.07, 6.45) is -0.457. The number of hydrogen-bond donors (Lipinski definition) is 3. The van der Waals surface area contributed by atoms with Crippen LogP contribution < -0.4 is 16.4 Å². The highest BCUT2D eigenvalue weighted by molar-refractivity contribution is 7.99. The number of amidine groups is 1. The zero-order chi connectivity index (χ0) is 25.4. The standard InChI is InChI=1S/C23H26F3N9S.3H2/c1-13(27)10-18(28)31-19-12-20(35-8-6-34(7-9-35)14-2-3-14)33-22(32-19)36-15-4-5-16-17(11-15)30-21(29-16)23(24,25)26;;;/h4-5,10-12,14H,2-3,6-9,27H2,1H3,(H,29,30)(H2,28,31,32,33);3*1H. The maximum Gasteiger partial charge on any atom is 0.449 e. The fourth-order valence-electron chi connectivity index (χ4n) is 4.11. The van der Waals surface area contributed by atoms with Crippen molar-refractivity contribution in [1.29, 1.82) is 0 Å². The molecule has 3 heterocycles. The van der Waals surface area contributed by atoms with Crippen LogP contribution in [0.4, 0.5) is 24.8 Å². The predicted octanol–water partition coefficient (Wildman–Crippen LogP) is 4.40. The predicted molar refractivity (Wildman–Crippen MR) is 140 cm³/mol. The number of H-pyrrole nitrogens is 1. The smallest absolute Gasteiger partial charge is 0.402 e. The van der Waals surface area contributed by atoms with E-state index in [1.54, 1.807) is 31.2 Å². The van der Waals surface area contributed by atoms with Crippen molar-refractivity contribution >= 4 is 40.3 Å². The number of imidazole rings is 1. The number of piperazine rings is 1. The molecule has 3 aromatic rings. The first-order valence-corrected chi connectivity index (χ1v) is 12.4. The van der Waals surface area contributed by atoms with E-state index in [2.05, 4.69) is 29.7 Å². The van der Waals surface area contributed by atoms with Crippen LogP contribution in [0.3, 0.4) is 0 Å². The van der Waals surface area contributed by atoms with Gasteiger partial charge < -0.3 is 21.4 Å². The number of alkyl halides is 3. The lowest BCUT2D eigenvalue weighted by atomic mass is 10.3. The third-order valence-corrected chi connectivity index (χ3v) is 6.79. The van der Waals surface area contributed by atoms with Gasteiger partial charge in [0.05, 0.1) is 11.0 Å². The van der Waals surface area contributed by atoms with E-state index in [1.165, 1.54) is 30.7 Å². The molecular formula is C23H32F3N9S. The molecule has 2 fully saturated rings. The average molecular weight is 524 g/mol. The highest BCUT2D eigenvalue weighted by Crippen LogP contribution is 2.34. The van der Waals surface area contributed by atoms with Crippen LogP contribution in [0.1, 0.15) is 29.9 Å². The number of allylic oxidation sites excluding steroid dienone is 1. The summed E-state index contributed by atoms with van der Waals surface area (Å²) in [4.78, 5) is 25.0. The van der Waals surface area contributed by atoms with Crippen LogP contribution in [0.25, 0.3) is 11.0 Å². The number of hydrogen-bond acceptors (Lipinski definition) is 8. The Morgan fingerprint density at radius 1 is 1.14 bits per heavy atom. The summed E-state index contributed by atoms with van der Waals surface area (Å²) < 4.78 is 39.1. The van der Waals surface area contributed by atoms with Crippen LogP contribution in [0.2, 0.25) is 0 Å². The zero-order valence-corrected chi connectivity index (χ0v) is 20.4. The molecule has 5 rings (SSSR count). The SMILES string of the molecule is CC(N)=CC(N)=Nc1cc(N2CCN(C3CC3)CC2)nc(Sc2ccc3nc(C(F)(F)F)[nH]c3c2)n1.[HH].[HH].[HH].